The van der Waals surface area contributed by atoms with Crippen molar-refractivity contribution in [1.82, 2.24) is 5.32 Å². The number of aliphatic hydroxyl groups is 1. The summed E-state index contributed by atoms with van der Waals surface area (Å²) in [5.41, 5.74) is -1.29. The summed E-state index contributed by atoms with van der Waals surface area (Å²) in [4.78, 5) is 11.9. The summed E-state index contributed by atoms with van der Waals surface area (Å²) in [5, 5.41) is 11.9. The normalized spacial score (nSPS) is 22.8. The molecular formula is C14H16F3NO2. The van der Waals surface area contributed by atoms with Crippen molar-refractivity contribution in [2.75, 3.05) is 6.54 Å². The molecule has 0 radical (unpaired) electrons. The standard InChI is InChI=1S/C14H16F3NO2/c15-14(16,17)12-4-2-1-3-11(12)13(20)18-8-9-5-6-10(19)7-9/h1-4,9-10,19H,5-8H2,(H,18,20). The quantitative estimate of drug-likeness (QED) is 0.897. The molecule has 2 unspecified atom stereocenters. The number of nitrogens with one attached hydrogen (secondary N) is 1. The summed E-state index contributed by atoms with van der Waals surface area (Å²) in [7, 11) is 0. The highest BCUT2D eigenvalue weighted by atomic mass is 19.4. The lowest BCUT2D eigenvalue weighted by atomic mass is 10.1. The summed E-state index contributed by atoms with van der Waals surface area (Å²) >= 11 is 0. The van der Waals surface area contributed by atoms with Crippen molar-refractivity contribution in [3.63, 3.8) is 0 Å². The summed E-state index contributed by atoms with van der Waals surface area (Å²) in [5.74, 6) is -0.591. The number of benzene rings is 1. The molecular weight excluding hydrogens is 271 g/mol. The maximum absolute atomic E-state index is 12.8. The summed E-state index contributed by atoms with van der Waals surface area (Å²) in [6.07, 6.45) is -2.86. The molecule has 0 spiro atoms. The molecule has 0 aliphatic heterocycles. The van der Waals surface area contributed by atoms with Crippen molar-refractivity contribution in [3.05, 3.63) is 35.4 Å². The Labute approximate surface area is 114 Å². The van der Waals surface area contributed by atoms with E-state index in [-0.39, 0.29) is 17.6 Å². The van der Waals surface area contributed by atoms with E-state index in [2.05, 4.69) is 5.32 Å². The molecule has 2 rings (SSSR count). The van der Waals surface area contributed by atoms with E-state index in [1.165, 1.54) is 18.2 Å². The maximum atomic E-state index is 12.8. The monoisotopic (exact) mass is 287 g/mol. The molecule has 1 aromatic carbocycles. The van der Waals surface area contributed by atoms with Crippen LogP contribution in [0.15, 0.2) is 24.3 Å². The van der Waals surface area contributed by atoms with Gasteiger partial charge >= 0.3 is 6.18 Å². The molecule has 0 aromatic heterocycles. The fourth-order valence-corrected chi connectivity index (χ4v) is 2.49. The van der Waals surface area contributed by atoms with E-state index in [0.717, 1.165) is 12.5 Å². The number of hydrogen-bond acceptors (Lipinski definition) is 2. The molecule has 6 heteroatoms. The van der Waals surface area contributed by atoms with Crippen molar-refractivity contribution in [2.24, 2.45) is 5.92 Å². The van der Waals surface area contributed by atoms with Crippen LogP contribution in [0.25, 0.3) is 0 Å². The van der Waals surface area contributed by atoms with E-state index in [4.69, 9.17) is 0 Å². The van der Waals surface area contributed by atoms with Crippen LogP contribution in [0.5, 0.6) is 0 Å². The van der Waals surface area contributed by atoms with Gasteiger partial charge < -0.3 is 10.4 Å². The number of halogens is 3. The van der Waals surface area contributed by atoms with E-state index in [1.54, 1.807) is 0 Å². The number of aliphatic hydroxyl groups excluding tert-OH is 1. The smallest absolute Gasteiger partial charge is 0.393 e. The average molecular weight is 287 g/mol. The van der Waals surface area contributed by atoms with Gasteiger partial charge in [0.15, 0.2) is 0 Å². The van der Waals surface area contributed by atoms with Crippen molar-refractivity contribution in [1.29, 1.82) is 0 Å². The molecule has 0 saturated heterocycles. The zero-order valence-electron chi connectivity index (χ0n) is 10.8. The van der Waals surface area contributed by atoms with Crippen molar-refractivity contribution in [2.45, 2.75) is 31.5 Å². The Hall–Kier alpha value is -1.56. The molecule has 20 heavy (non-hydrogen) atoms. The number of carbonyl (C=O) groups is 1. The van der Waals surface area contributed by atoms with Gasteiger partial charge in [0.2, 0.25) is 0 Å². The van der Waals surface area contributed by atoms with Crippen LogP contribution in [0.3, 0.4) is 0 Å². The first-order valence-electron chi connectivity index (χ1n) is 6.50. The SMILES string of the molecule is O=C(NCC1CCC(O)C1)c1ccccc1C(F)(F)F. The number of rotatable bonds is 3. The Morgan fingerprint density at radius 3 is 2.60 bits per heavy atom. The first-order valence-corrected chi connectivity index (χ1v) is 6.50. The highest BCUT2D eigenvalue weighted by Crippen LogP contribution is 2.32. The molecule has 1 fully saturated rings. The Bertz CT molecular complexity index is 488. The minimum atomic E-state index is -4.54. The van der Waals surface area contributed by atoms with Gasteiger partial charge in [-0.15, -0.1) is 0 Å². The fraction of sp³-hybridized carbons (Fsp3) is 0.500. The third-order valence-corrected chi connectivity index (χ3v) is 3.54. The molecule has 1 aromatic rings. The molecule has 110 valence electrons. The molecule has 1 saturated carbocycles. The maximum Gasteiger partial charge on any atom is 0.417 e. The van der Waals surface area contributed by atoms with Crippen molar-refractivity contribution >= 4 is 5.91 Å². The van der Waals surface area contributed by atoms with Crippen LogP contribution in [0.2, 0.25) is 0 Å². The van der Waals surface area contributed by atoms with Gasteiger partial charge in [0.1, 0.15) is 0 Å². The van der Waals surface area contributed by atoms with Gasteiger partial charge in [0, 0.05) is 6.54 Å². The topological polar surface area (TPSA) is 49.3 Å². The van der Waals surface area contributed by atoms with Gasteiger partial charge in [-0.2, -0.15) is 13.2 Å². The highest BCUT2D eigenvalue weighted by molar-refractivity contribution is 5.95. The molecule has 0 bridgehead atoms. The lowest BCUT2D eigenvalue weighted by Crippen LogP contribution is -2.30. The Kier molecular flexibility index (Phi) is 4.32. The second kappa shape index (κ2) is 5.83. The molecule has 1 aliphatic rings. The van der Waals surface area contributed by atoms with Crippen LogP contribution >= 0.6 is 0 Å². The number of amides is 1. The number of hydrogen-bond donors (Lipinski definition) is 2. The van der Waals surface area contributed by atoms with Gasteiger partial charge in [0.25, 0.3) is 5.91 Å². The van der Waals surface area contributed by atoms with Crippen LogP contribution in [0.1, 0.15) is 35.2 Å². The van der Waals surface area contributed by atoms with E-state index in [0.29, 0.717) is 19.4 Å². The molecule has 0 heterocycles. The predicted molar refractivity (Wildman–Crippen MR) is 67.1 cm³/mol. The van der Waals surface area contributed by atoms with Gasteiger partial charge in [-0.05, 0) is 37.3 Å². The summed E-state index contributed by atoms with van der Waals surface area (Å²) < 4.78 is 38.4. The van der Waals surface area contributed by atoms with Crippen molar-refractivity contribution < 1.29 is 23.1 Å². The largest absolute Gasteiger partial charge is 0.417 e. The second-order valence-corrected chi connectivity index (χ2v) is 5.09. The first kappa shape index (κ1) is 14.8. The third kappa shape index (κ3) is 3.50. The van der Waals surface area contributed by atoms with E-state index < -0.39 is 17.6 Å². The highest BCUT2D eigenvalue weighted by Gasteiger charge is 2.35. The zero-order valence-corrected chi connectivity index (χ0v) is 10.8. The Morgan fingerprint density at radius 2 is 2.00 bits per heavy atom. The van der Waals surface area contributed by atoms with E-state index >= 15 is 0 Å². The lowest BCUT2D eigenvalue weighted by molar-refractivity contribution is -0.137. The van der Waals surface area contributed by atoms with Crippen LogP contribution in [-0.4, -0.2) is 23.7 Å². The average Bonchev–Trinajstić information content (AvgIpc) is 2.81. The van der Waals surface area contributed by atoms with Crippen LogP contribution in [0.4, 0.5) is 13.2 Å². The molecule has 2 atom stereocenters. The van der Waals surface area contributed by atoms with Gasteiger partial charge in [-0.1, -0.05) is 12.1 Å². The van der Waals surface area contributed by atoms with E-state index in [1.807, 2.05) is 0 Å². The van der Waals surface area contributed by atoms with Crippen LogP contribution < -0.4 is 5.32 Å². The Morgan fingerprint density at radius 1 is 1.30 bits per heavy atom. The third-order valence-electron chi connectivity index (χ3n) is 3.54. The summed E-state index contributed by atoms with van der Waals surface area (Å²) in [6, 6.07) is 4.73. The minimum Gasteiger partial charge on any atom is -0.393 e. The molecule has 1 amide bonds. The Balaban J connectivity index is 2.02. The minimum absolute atomic E-state index is 0.131. The molecule has 2 N–H and O–H groups in total. The predicted octanol–water partition coefficient (Wildman–Crippen LogP) is 2.60. The van der Waals surface area contributed by atoms with Gasteiger partial charge in [-0.25, -0.2) is 0 Å². The number of carbonyl (C=O) groups excluding carboxylic acids is 1. The zero-order chi connectivity index (χ0) is 14.8. The lowest BCUT2D eigenvalue weighted by Gasteiger charge is -2.14. The number of alkyl halides is 3. The summed E-state index contributed by atoms with van der Waals surface area (Å²) in [6.45, 7) is 0.294. The van der Waals surface area contributed by atoms with Gasteiger partial charge in [0.05, 0.1) is 17.2 Å². The van der Waals surface area contributed by atoms with Crippen LogP contribution in [-0.2, 0) is 6.18 Å². The van der Waals surface area contributed by atoms with Crippen molar-refractivity contribution in [3.8, 4) is 0 Å². The molecule has 3 nitrogen and oxygen atoms in total. The van der Waals surface area contributed by atoms with Crippen LogP contribution in [0, 0.1) is 5.92 Å². The van der Waals surface area contributed by atoms with E-state index in [9.17, 15) is 23.1 Å². The molecule has 1 aliphatic carbocycles. The second-order valence-electron chi connectivity index (χ2n) is 5.09. The fourth-order valence-electron chi connectivity index (χ4n) is 2.49. The first-order chi connectivity index (χ1) is 9.38. The van der Waals surface area contributed by atoms with Gasteiger partial charge in [-0.3, -0.25) is 4.79 Å².